The van der Waals surface area contributed by atoms with Gasteiger partial charge in [0.2, 0.25) is 5.43 Å². The minimum atomic E-state index is -1.48. The van der Waals surface area contributed by atoms with Gasteiger partial charge in [0, 0.05) is 59.4 Å². The van der Waals surface area contributed by atoms with Gasteiger partial charge in [0.15, 0.2) is 46.7 Å². The molecule has 0 amide bonds. The molecule has 0 aliphatic carbocycles. The number of benzene rings is 4. The van der Waals surface area contributed by atoms with Crippen LogP contribution < -0.4 is 14.9 Å². The Bertz CT molecular complexity index is 2370. The highest BCUT2D eigenvalue weighted by Crippen LogP contribution is 2.48. The molecule has 16 heteroatoms. The Morgan fingerprint density at radius 3 is 1.79 bits per heavy atom. The van der Waals surface area contributed by atoms with Crippen LogP contribution in [0.3, 0.4) is 0 Å². The topological polar surface area (TPSA) is 284 Å². The number of carbonyl (C=O) groups excluding carboxylic acids is 1. The predicted octanol–water partition coefficient (Wildman–Crippen LogP) is 3.19. The summed E-state index contributed by atoms with van der Waals surface area (Å²) in [5.74, 6) is -8.17. The second kappa shape index (κ2) is 12.1. The molecule has 0 saturated heterocycles. The molecular weight excluding hydrogens is 688 g/mol. The Morgan fingerprint density at radius 2 is 1.17 bits per heavy atom. The van der Waals surface area contributed by atoms with E-state index in [1.54, 1.807) is 0 Å². The fourth-order valence-electron chi connectivity index (χ4n) is 6.53. The summed E-state index contributed by atoms with van der Waals surface area (Å²) in [6.45, 7) is 0. The number of hydrogen-bond donors (Lipinski definition) is 11. The van der Waals surface area contributed by atoms with E-state index in [-0.39, 0.29) is 63.5 Å². The zero-order chi connectivity index (χ0) is 37.3. The van der Waals surface area contributed by atoms with Crippen LogP contribution in [0.1, 0.15) is 44.8 Å². The van der Waals surface area contributed by atoms with Crippen LogP contribution in [0.25, 0.3) is 10.8 Å². The van der Waals surface area contributed by atoms with Gasteiger partial charge >= 0.3 is 5.97 Å². The second-order valence-corrected chi connectivity index (χ2v) is 12.4. The van der Waals surface area contributed by atoms with Gasteiger partial charge in [-0.05, 0) is 35.7 Å². The van der Waals surface area contributed by atoms with Gasteiger partial charge in [0.05, 0.1) is 17.1 Å². The van der Waals surface area contributed by atoms with Crippen LogP contribution in [-0.4, -0.2) is 74.3 Å². The molecule has 7 rings (SSSR count). The van der Waals surface area contributed by atoms with Crippen molar-refractivity contribution >= 4 is 16.7 Å². The molecule has 0 bridgehead atoms. The SMILES string of the molecule is O=C(O[C@@H]1Cc2c(O)cc(O)cc2O[C@@H]1c1cc(O)c(=O)c2c(O)c(O)cc([C@H]3Oc4cc(O)cc(O)c4C[C@H]3O)c2c1)c1cc(O)c(O)c(O)c1. The van der Waals surface area contributed by atoms with Crippen molar-refractivity contribution in [2.75, 3.05) is 0 Å². The lowest BCUT2D eigenvalue weighted by Gasteiger charge is -2.34. The molecule has 52 heavy (non-hydrogen) atoms. The minimum absolute atomic E-state index is 0.0376. The number of carbonyl (C=O) groups is 1. The van der Waals surface area contributed by atoms with E-state index >= 15 is 0 Å². The summed E-state index contributed by atoms with van der Waals surface area (Å²) < 4.78 is 17.8. The van der Waals surface area contributed by atoms with Gasteiger partial charge < -0.3 is 70.4 Å². The average Bonchev–Trinajstić information content (AvgIpc) is 3.20. The van der Waals surface area contributed by atoms with E-state index in [9.17, 15) is 65.8 Å². The second-order valence-electron chi connectivity index (χ2n) is 12.4. The third-order valence-electron chi connectivity index (χ3n) is 8.98. The number of fused-ring (bicyclic) bond motifs is 3. The maximum absolute atomic E-state index is 13.6. The van der Waals surface area contributed by atoms with Crippen molar-refractivity contribution < 1.29 is 75.2 Å². The number of phenols is 9. The van der Waals surface area contributed by atoms with Crippen LogP contribution in [0.2, 0.25) is 0 Å². The highest BCUT2D eigenvalue weighted by atomic mass is 16.6. The molecule has 11 N–H and O–H groups in total. The van der Waals surface area contributed by atoms with Crippen LogP contribution in [0.4, 0.5) is 0 Å². The molecule has 0 aromatic heterocycles. The van der Waals surface area contributed by atoms with Crippen LogP contribution in [-0.2, 0) is 17.6 Å². The zero-order valence-corrected chi connectivity index (χ0v) is 26.4. The summed E-state index contributed by atoms with van der Waals surface area (Å²) in [6.07, 6.45) is -6.28. The molecule has 0 unspecified atom stereocenters. The van der Waals surface area contributed by atoms with Crippen molar-refractivity contribution in [2.45, 2.75) is 37.3 Å². The number of phenolic OH excluding ortho intramolecular Hbond substituents is 9. The smallest absolute Gasteiger partial charge is 0.338 e. The van der Waals surface area contributed by atoms with E-state index in [4.69, 9.17) is 14.2 Å². The predicted molar refractivity (Wildman–Crippen MR) is 176 cm³/mol. The minimum Gasteiger partial charge on any atom is -0.508 e. The first-order valence-corrected chi connectivity index (χ1v) is 15.4. The lowest BCUT2D eigenvalue weighted by molar-refractivity contribution is -0.0188. The molecule has 2 aliphatic rings. The van der Waals surface area contributed by atoms with E-state index in [1.165, 1.54) is 12.1 Å². The molecule has 268 valence electrons. The molecule has 0 saturated carbocycles. The number of esters is 1. The quantitative estimate of drug-likeness (QED) is 0.0940. The van der Waals surface area contributed by atoms with E-state index in [2.05, 4.69) is 0 Å². The van der Waals surface area contributed by atoms with Crippen molar-refractivity contribution in [3.05, 3.63) is 92.6 Å². The Labute approximate surface area is 290 Å². The number of aliphatic hydroxyl groups excluding tert-OH is 1. The summed E-state index contributed by atoms with van der Waals surface area (Å²) in [4.78, 5) is 27.0. The molecule has 16 nitrogen and oxygen atoms in total. The van der Waals surface area contributed by atoms with Gasteiger partial charge in [-0.2, -0.15) is 0 Å². The van der Waals surface area contributed by atoms with Crippen molar-refractivity contribution in [3.8, 4) is 69.0 Å². The summed E-state index contributed by atoms with van der Waals surface area (Å²) in [5, 5.41) is 114. The maximum atomic E-state index is 13.6. The van der Waals surface area contributed by atoms with Crippen molar-refractivity contribution in [1.29, 1.82) is 0 Å². The van der Waals surface area contributed by atoms with E-state index < -0.39 is 92.8 Å². The zero-order valence-electron chi connectivity index (χ0n) is 26.4. The number of rotatable bonds is 4. The lowest BCUT2D eigenvalue weighted by Crippen LogP contribution is -2.34. The van der Waals surface area contributed by atoms with Crippen molar-refractivity contribution in [1.82, 2.24) is 0 Å². The third kappa shape index (κ3) is 5.56. The van der Waals surface area contributed by atoms with E-state index in [0.717, 1.165) is 42.5 Å². The average molecular weight is 717 g/mol. The first kappa shape index (κ1) is 33.6. The Hall–Kier alpha value is -6.94. The Kier molecular flexibility index (Phi) is 7.83. The highest BCUT2D eigenvalue weighted by Gasteiger charge is 2.39. The van der Waals surface area contributed by atoms with Gasteiger partial charge in [-0.15, -0.1) is 0 Å². The van der Waals surface area contributed by atoms with E-state index in [1.807, 2.05) is 0 Å². The third-order valence-corrected chi connectivity index (χ3v) is 8.98. The summed E-state index contributed by atoms with van der Waals surface area (Å²) in [6, 6.07) is 9.20. The van der Waals surface area contributed by atoms with Crippen LogP contribution in [0.5, 0.6) is 69.0 Å². The van der Waals surface area contributed by atoms with Gasteiger partial charge in [0.25, 0.3) is 0 Å². The van der Waals surface area contributed by atoms with Gasteiger partial charge in [-0.3, -0.25) is 4.79 Å². The number of hydrogen-bond acceptors (Lipinski definition) is 16. The molecule has 0 spiro atoms. The molecule has 2 aliphatic heterocycles. The maximum Gasteiger partial charge on any atom is 0.338 e. The Balaban J connectivity index is 1.41. The number of aliphatic hydroxyl groups is 1. The summed E-state index contributed by atoms with van der Waals surface area (Å²) in [7, 11) is 0. The molecule has 0 radical (unpaired) electrons. The number of ether oxygens (including phenoxy) is 3. The molecule has 5 aromatic carbocycles. The summed E-state index contributed by atoms with van der Waals surface area (Å²) in [5.41, 5.74) is -1.58. The van der Waals surface area contributed by atoms with Crippen molar-refractivity contribution in [2.24, 2.45) is 0 Å². The van der Waals surface area contributed by atoms with E-state index in [0.29, 0.717) is 0 Å². The monoisotopic (exact) mass is 716 g/mol. The molecule has 4 atom stereocenters. The first-order valence-electron chi connectivity index (χ1n) is 15.4. The normalized spacial score (nSPS) is 19.2. The standard InChI is InChI=1S/C36H28O16/c37-14-5-20(39)18-10-26(45)35(51-27(18)7-14)17-9-25(44)33(48)30-16(17)1-12(2-24(43)32(30)47)34-29(11-19-21(40)6-15(38)8-28(19)50-34)52-36(49)13-3-22(41)31(46)23(42)4-13/h1-9,26,29,34-35,37-42,44-46,48H,10-11H2,(H,43,47)/t26-,29-,34-,35-/m1/s1. The van der Waals surface area contributed by atoms with Crippen LogP contribution >= 0.6 is 0 Å². The fourth-order valence-corrected chi connectivity index (χ4v) is 6.53. The van der Waals surface area contributed by atoms with Crippen LogP contribution in [0.15, 0.2) is 59.4 Å². The van der Waals surface area contributed by atoms with Gasteiger partial charge in [0.1, 0.15) is 40.6 Å². The largest absolute Gasteiger partial charge is 0.508 e. The van der Waals surface area contributed by atoms with Gasteiger partial charge in [-0.25, -0.2) is 4.79 Å². The fraction of sp³-hybridized carbons (Fsp3) is 0.167. The highest BCUT2D eigenvalue weighted by molar-refractivity contribution is 5.94. The molecule has 0 fully saturated rings. The molecular formula is C36H28O16. The first-order chi connectivity index (χ1) is 24.6. The number of aromatic hydroxyl groups is 10. The lowest BCUT2D eigenvalue weighted by atomic mass is 9.90. The summed E-state index contributed by atoms with van der Waals surface area (Å²) >= 11 is 0. The van der Waals surface area contributed by atoms with Crippen molar-refractivity contribution in [3.63, 3.8) is 0 Å². The van der Waals surface area contributed by atoms with Gasteiger partial charge in [-0.1, -0.05) is 0 Å². The molecule has 2 heterocycles. The Morgan fingerprint density at radius 1 is 0.615 bits per heavy atom. The molecule has 5 aromatic rings. The van der Waals surface area contributed by atoms with Crippen LogP contribution in [0, 0.1) is 0 Å².